The highest BCUT2D eigenvalue weighted by Crippen LogP contribution is 2.22. The van der Waals surface area contributed by atoms with Gasteiger partial charge in [-0.25, -0.2) is 4.52 Å². The first-order chi connectivity index (χ1) is 12.2. The monoisotopic (exact) mass is 338 g/mol. The first-order valence-electron chi connectivity index (χ1n) is 8.97. The summed E-state index contributed by atoms with van der Waals surface area (Å²) in [4.78, 5) is 30.1. The van der Waals surface area contributed by atoms with Crippen LogP contribution in [0.5, 0.6) is 0 Å². The fourth-order valence-electron chi connectivity index (χ4n) is 3.78. The predicted octanol–water partition coefficient (Wildman–Crippen LogP) is 2.83. The molecule has 3 heterocycles. The molecule has 0 radical (unpaired) electrons. The van der Waals surface area contributed by atoms with Gasteiger partial charge in [0, 0.05) is 13.1 Å². The molecule has 4 rings (SSSR count). The van der Waals surface area contributed by atoms with E-state index >= 15 is 0 Å². The summed E-state index contributed by atoms with van der Waals surface area (Å²) in [6.07, 6.45) is 5.99. The molecule has 1 aromatic carbocycles. The van der Waals surface area contributed by atoms with Crippen LogP contribution in [0.1, 0.15) is 43.0 Å². The average molecular weight is 338 g/mol. The van der Waals surface area contributed by atoms with Crippen molar-refractivity contribution in [2.45, 2.75) is 32.6 Å². The van der Waals surface area contributed by atoms with Crippen molar-refractivity contribution >= 4 is 22.5 Å². The van der Waals surface area contributed by atoms with Crippen LogP contribution >= 0.6 is 0 Å². The van der Waals surface area contributed by atoms with Crippen molar-refractivity contribution in [1.29, 1.82) is 0 Å². The molecule has 6 nitrogen and oxygen atoms in total. The number of hydrogen-bond donors (Lipinski definition) is 1. The minimum Gasteiger partial charge on any atom is -0.338 e. The highest BCUT2D eigenvalue weighted by atomic mass is 16.2. The first kappa shape index (κ1) is 15.9. The number of nitrogens with one attached hydrogen (secondary N) is 1. The standard InChI is InChI=1S/C19H22N4O2/c1-2-13-6-5-10-22(11-9-13)19(25)15-12-20-23-16-8-4-3-7-14(16)18(24)21-17(15)23/h3-4,7-8,12-13H,2,5-6,9-11H2,1H3,(H,21,24)/t13-/m1/s1. The van der Waals surface area contributed by atoms with Crippen LogP contribution in [-0.2, 0) is 0 Å². The van der Waals surface area contributed by atoms with E-state index in [1.54, 1.807) is 16.8 Å². The molecule has 25 heavy (non-hydrogen) atoms. The van der Waals surface area contributed by atoms with Gasteiger partial charge in [0.1, 0.15) is 11.2 Å². The van der Waals surface area contributed by atoms with E-state index in [-0.39, 0.29) is 11.5 Å². The highest BCUT2D eigenvalue weighted by Gasteiger charge is 2.24. The van der Waals surface area contributed by atoms with Crippen LogP contribution in [0, 0.1) is 5.92 Å². The zero-order valence-corrected chi connectivity index (χ0v) is 14.4. The number of H-pyrrole nitrogens is 1. The SMILES string of the molecule is CC[C@@H]1CCCN(C(=O)c2cnn3c2[nH]c(=O)c2ccccc23)CC1. The Morgan fingerprint density at radius 2 is 2.12 bits per heavy atom. The van der Waals surface area contributed by atoms with E-state index in [1.807, 2.05) is 23.1 Å². The van der Waals surface area contributed by atoms with Crippen LogP contribution in [0.25, 0.3) is 16.6 Å². The second-order valence-corrected chi connectivity index (χ2v) is 6.79. The maximum atomic E-state index is 13.0. The molecule has 1 atom stereocenters. The lowest BCUT2D eigenvalue weighted by molar-refractivity contribution is 0.0761. The number of aromatic nitrogens is 3. The van der Waals surface area contributed by atoms with Gasteiger partial charge < -0.3 is 9.88 Å². The molecular formula is C19H22N4O2. The van der Waals surface area contributed by atoms with E-state index < -0.39 is 0 Å². The van der Waals surface area contributed by atoms with E-state index in [0.29, 0.717) is 28.0 Å². The van der Waals surface area contributed by atoms with Crippen molar-refractivity contribution in [2.75, 3.05) is 13.1 Å². The molecule has 1 N–H and O–H groups in total. The lowest BCUT2D eigenvalue weighted by atomic mass is 9.98. The molecule has 1 aliphatic heterocycles. The van der Waals surface area contributed by atoms with Gasteiger partial charge >= 0.3 is 0 Å². The topological polar surface area (TPSA) is 70.5 Å². The van der Waals surface area contributed by atoms with Crippen LogP contribution < -0.4 is 5.56 Å². The number of carbonyl (C=O) groups excluding carboxylic acids is 1. The van der Waals surface area contributed by atoms with Gasteiger partial charge in [-0.05, 0) is 37.3 Å². The fraction of sp³-hybridized carbons (Fsp3) is 0.421. The number of likely N-dealkylation sites (tertiary alicyclic amines) is 1. The number of aromatic amines is 1. The third kappa shape index (κ3) is 2.71. The molecule has 130 valence electrons. The maximum Gasteiger partial charge on any atom is 0.259 e. The van der Waals surface area contributed by atoms with Gasteiger partial charge in [-0.2, -0.15) is 5.10 Å². The van der Waals surface area contributed by atoms with Gasteiger partial charge in [0.2, 0.25) is 0 Å². The van der Waals surface area contributed by atoms with Gasteiger partial charge in [-0.15, -0.1) is 0 Å². The number of fused-ring (bicyclic) bond motifs is 3. The normalized spacial score (nSPS) is 18.6. The number of carbonyl (C=O) groups is 1. The fourth-order valence-corrected chi connectivity index (χ4v) is 3.78. The Hall–Kier alpha value is -2.63. The van der Waals surface area contributed by atoms with Gasteiger partial charge in [-0.1, -0.05) is 25.5 Å². The lowest BCUT2D eigenvalue weighted by Crippen LogP contribution is -2.32. The van der Waals surface area contributed by atoms with Crippen molar-refractivity contribution in [2.24, 2.45) is 5.92 Å². The zero-order chi connectivity index (χ0) is 17.4. The Morgan fingerprint density at radius 1 is 1.28 bits per heavy atom. The van der Waals surface area contributed by atoms with E-state index in [1.165, 1.54) is 6.42 Å². The highest BCUT2D eigenvalue weighted by molar-refractivity contribution is 6.00. The van der Waals surface area contributed by atoms with Crippen LogP contribution in [-0.4, -0.2) is 38.5 Å². The van der Waals surface area contributed by atoms with Gasteiger partial charge in [0.15, 0.2) is 0 Å². The van der Waals surface area contributed by atoms with Crippen molar-refractivity contribution in [3.8, 4) is 0 Å². The van der Waals surface area contributed by atoms with Gasteiger partial charge in [0.25, 0.3) is 11.5 Å². The molecule has 0 unspecified atom stereocenters. The molecule has 1 amide bonds. The third-order valence-corrected chi connectivity index (χ3v) is 5.32. The molecular weight excluding hydrogens is 316 g/mol. The third-order valence-electron chi connectivity index (χ3n) is 5.32. The van der Waals surface area contributed by atoms with Gasteiger partial charge in [0.05, 0.1) is 17.1 Å². The Morgan fingerprint density at radius 3 is 2.96 bits per heavy atom. The molecule has 0 saturated carbocycles. The molecule has 1 fully saturated rings. The summed E-state index contributed by atoms with van der Waals surface area (Å²) < 4.78 is 1.65. The number of hydrogen-bond acceptors (Lipinski definition) is 3. The quantitative estimate of drug-likeness (QED) is 0.781. The summed E-state index contributed by atoms with van der Waals surface area (Å²) in [5.41, 5.74) is 1.46. The zero-order valence-electron chi connectivity index (χ0n) is 14.4. The van der Waals surface area contributed by atoms with E-state index in [0.717, 1.165) is 32.4 Å². The molecule has 2 aromatic heterocycles. The maximum absolute atomic E-state index is 13.0. The van der Waals surface area contributed by atoms with Crippen molar-refractivity contribution < 1.29 is 4.79 Å². The smallest absolute Gasteiger partial charge is 0.259 e. The van der Waals surface area contributed by atoms with Crippen molar-refractivity contribution in [3.05, 3.63) is 46.4 Å². The van der Waals surface area contributed by atoms with Crippen LogP contribution in [0.15, 0.2) is 35.3 Å². The van der Waals surface area contributed by atoms with Gasteiger partial charge in [-0.3, -0.25) is 9.59 Å². The summed E-state index contributed by atoms with van der Waals surface area (Å²) in [6, 6.07) is 7.29. The molecule has 0 spiro atoms. The summed E-state index contributed by atoms with van der Waals surface area (Å²) in [7, 11) is 0. The van der Waals surface area contributed by atoms with E-state index in [9.17, 15) is 9.59 Å². The van der Waals surface area contributed by atoms with Crippen molar-refractivity contribution in [1.82, 2.24) is 19.5 Å². The molecule has 1 saturated heterocycles. The number of nitrogens with zero attached hydrogens (tertiary/aromatic N) is 3. The second-order valence-electron chi connectivity index (χ2n) is 6.79. The Kier molecular flexibility index (Phi) is 4.03. The van der Waals surface area contributed by atoms with Crippen LogP contribution in [0.2, 0.25) is 0 Å². The minimum absolute atomic E-state index is 0.0438. The van der Waals surface area contributed by atoms with Crippen molar-refractivity contribution in [3.63, 3.8) is 0 Å². The summed E-state index contributed by atoms with van der Waals surface area (Å²) in [5.74, 6) is 0.656. The Labute approximate surface area is 145 Å². The number of benzene rings is 1. The lowest BCUT2D eigenvalue weighted by Gasteiger charge is -2.20. The Balaban J connectivity index is 1.74. The molecule has 3 aromatic rings. The van der Waals surface area contributed by atoms with Crippen LogP contribution in [0.4, 0.5) is 0 Å². The summed E-state index contributed by atoms with van der Waals surface area (Å²) in [6.45, 7) is 3.75. The average Bonchev–Trinajstić information content (AvgIpc) is 2.90. The number of para-hydroxylation sites is 1. The minimum atomic E-state index is -0.195. The molecule has 0 bridgehead atoms. The number of amides is 1. The first-order valence-corrected chi connectivity index (χ1v) is 8.97. The van der Waals surface area contributed by atoms with E-state index in [2.05, 4.69) is 17.0 Å². The molecule has 1 aliphatic rings. The van der Waals surface area contributed by atoms with E-state index in [4.69, 9.17) is 0 Å². The molecule has 0 aliphatic carbocycles. The number of rotatable bonds is 2. The Bertz CT molecular complexity index is 988. The summed E-state index contributed by atoms with van der Waals surface area (Å²) in [5, 5.41) is 4.92. The molecule has 6 heteroatoms. The second kappa shape index (κ2) is 6.35. The predicted molar refractivity (Wildman–Crippen MR) is 96.9 cm³/mol. The largest absolute Gasteiger partial charge is 0.338 e. The van der Waals surface area contributed by atoms with Crippen LogP contribution in [0.3, 0.4) is 0 Å². The summed E-state index contributed by atoms with van der Waals surface area (Å²) >= 11 is 0.